The van der Waals surface area contributed by atoms with E-state index in [4.69, 9.17) is 4.99 Å². The number of aliphatic imine (C=N–C) groups is 1. The number of carbonyl (C=O) groups is 1. The first kappa shape index (κ1) is 26.2. The van der Waals surface area contributed by atoms with Crippen LogP contribution in [-0.2, 0) is 11.2 Å². The molecule has 3 aromatic carbocycles. The predicted octanol–water partition coefficient (Wildman–Crippen LogP) is 8.04. The molecule has 6 heteroatoms. The van der Waals surface area contributed by atoms with Crippen molar-refractivity contribution in [3.63, 3.8) is 0 Å². The molecule has 0 saturated carbocycles. The molecule has 4 aromatic rings. The van der Waals surface area contributed by atoms with Crippen LogP contribution in [0.3, 0.4) is 0 Å². The normalized spacial score (nSPS) is 18.6. The fourth-order valence-electron chi connectivity index (χ4n) is 5.89. The van der Waals surface area contributed by atoms with Crippen molar-refractivity contribution in [2.75, 3.05) is 18.0 Å². The molecule has 0 atom stereocenters. The summed E-state index contributed by atoms with van der Waals surface area (Å²) in [6.07, 6.45) is 7.14. The number of hydrogen-bond donors (Lipinski definition) is 1. The summed E-state index contributed by atoms with van der Waals surface area (Å²) < 4.78 is 0. The van der Waals surface area contributed by atoms with E-state index in [1.165, 1.54) is 39.5 Å². The van der Waals surface area contributed by atoms with E-state index in [1.807, 2.05) is 53.6 Å². The highest BCUT2D eigenvalue weighted by Gasteiger charge is 2.34. The standard InChI is InChI=1S/C34H34N4OS/c1-5-38-30-16-15-24(19-28(30)23(2)21-34(38,3)4)20-31-32(39)37(33(40-31)36-26-11-7-6-8-12-26)18-17-25-22-35-29-14-10-9-13-27(25)29/h6-16,19-22,35H,5,17-18H2,1-4H3/b31-20+,36-33?. The number of anilines is 1. The lowest BCUT2D eigenvalue weighted by Gasteiger charge is -2.42. The minimum atomic E-state index is -0.0306. The Kier molecular flexibility index (Phi) is 6.88. The highest BCUT2D eigenvalue weighted by molar-refractivity contribution is 8.18. The van der Waals surface area contributed by atoms with Gasteiger partial charge in [0.25, 0.3) is 5.91 Å². The van der Waals surface area contributed by atoms with Gasteiger partial charge in [0.05, 0.1) is 16.1 Å². The molecule has 1 aromatic heterocycles. The van der Waals surface area contributed by atoms with Gasteiger partial charge in [0.1, 0.15) is 0 Å². The fraction of sp³-hybridized carbons (Fsp3) is 0.235. The SMILES string of the molecule is CCN1c2ccc(/C=C3/SC(=Nc4ccccc4)N(CCc4c[nH]c5ccccc45)C3=O)cc2C(C)=CC1(C)C. The second-order valence-electron chi connectivity index (χ2n) is 10.9. The Morgan fingerprint density at radius 2 is 1.80 bits per heavy atom. The van der Waals surface area contributed by atoms with Crippen molar-refractivity contribution in [2.24, 2.45) is 4.99 Å². The second kappa shape index (κ2) is 10.5. The number of aromatic nitrogens is 1. The van der Waals surface area contributed by atoms with Crippen LogP contribution in [-0.4, -0.2) is 39.6 Å². The first-order chi connectivity index (χ1) is 19.3. The molecule has 5 nitrogen and oxygen atoms in total. The summed E-state index contributed by atoms with van der Waals surface area (Å²) >= 11 is 1.46. The number of nitrogens with one attached hydrogen (secondary N) is 1. The minimum absolute atomic E-state index is 0.000764. The quantitative estimate of drug-likeness (QED) is 0.249. The summed E-state index contributed by atoms with van der Waals surface area (Å²) in [5.74, 6) is 0.000764. The van der Waals surface area contributed by atoms with E-state index in [-0.39, 0.29) is 11.4 Å². The molecule has 2 aliphatic rings. The molecule has 0 spiro atoms. The lowest BCUT2D eigenvalue weighted by atomic mass is 9.88. The summed E-state index contributed by atoms with van der Waals surface area (Å²) in [6, 6.07) is 24.7. The van der Waals surface area contributed by atoms with Crippen LogP contribution in [0.1, 0.15) is 44.4 Å². The Balaban J connectivity index is 1.32. The number of H-pyrrole nitrogens is 1. The van der Waals surface area contributed by atoms with Gasteiger partial charge in [-0.25, -0.2) is 4.99 Å². The minimum Gasteiger partial charge on any atom is -0.363 e. The van der Waals surface area contributed by atoms with Gasteiger partial charge in [-0.15, -0.1) is 0 Å². The van der Waals surface area contributed by atoms with E-state index in [9.17, 15) is 4.79 Å². The number of fused-ring (bicyclic) bond motifs is 2. The Hall–Kier alpha value is -4.03. The van der Waals surface area contributed by atoms with Crippen LogP contribution in [0.4, 0.5) is 11.4 Å². The molecule has 2 aliphatic heterocycles. The molecule has 0 unspecified atom stereocenters. The summed E-state index contributed by atoms with van der Waals surface area (Å²) in [5.41, 5.74) is 7.88. The highest BCUT2D eigenvalue weighted by Crippen LogP contribution is 2.40. The maximum absolute atomic E-state index is 13.8. The molecule has 202 valence electrons. The molecule has 1 saturated heterocycles. The average molecular weight is 547 g/mol. The third kappa shape index (κ3) is 4.88. The number of nitrogens with zero attached hydrogens (tertiary/aromatic N) is 3. The maximum atomic E-state index is 13.8. The number of carbonyl (C=O) groups excluding carboxylic acids is 1. The molecule has 0 bridgehead atoms. The number of aromatic amines is 1. The number of amidine groups is 1. The summed E-state index contributed by atoms with van der Waals surface area (Å²) in [5, 5.41) is 1.91. The number of allylic oxidation sites excluding steroid dienone is 1. The van der Waals surface area contributed by atoms with Gasteiger partial charge in [-0.2, -0.15) is 0 Å². The van der Waals surface area contributed by atoms with Crippen LogP contribution < -0.4 is 4.90 Å². The van der Waals surface area contributed by atoms with Crippen molar-refractivity contribution in [2.45, 2.75) is 39.7 Å². The van der Waals surface area contributed by atoms with Crippen LogP contribution in [0.25, 0.3) is 22.6 Å². The second-order valence-corrected chi connectivity index (χ2v) is 11.9. The summed E-state index contributed by atoms with van der Waals surface area (Å²) in [6.45, 7) is 10.4. The van der Waals surface area contributed by atoms with Gasteiger partial charge >= 0.3 is 0 Å². The smallest absolute Gasteiger partial charge is 0.266 e. The Labute approximate surface area is 240 Å². The zero-order valence-corrected chi connectivity index (χ0v) is 24.3. The van der Waals surface area contributed by atoms with E-state index in [0.29, 0.717) is 11.4 Å². The third-order valence-electron chi connectivity index (χ3n) is 7.76. The van der Waals surface area contributed by atoms with Gasteiger partial charge in [0.2, 0.25) is 0 Å². The first-order valence-electron chi connectivity index (χ1n) is 13.9. The number of amides is 1. The number of benzene rings is 3. The van der Waals surface area contributed by atoms with Crippen LogP contribution in [0.15, 0.2) is 95.0 Å². The molecule has 1 amide bonds. The van der Waals surface area contributed by atoms with Gasteiger partial charge in [-0.3, -0.25) is 9.69 Å². The van der Waals surface area contributed by atoms with Crippen LogP contribution in [0, 0.1) is 0 Å². The van der Waals surface area contributed by atoms with Gasteiger partial charge in [-0.1, -0.05) is 48.5 Å². The molecule has 0 radical (unpaired) electrons. The fourth-order valence-corrected chi connectivity index (χ4v) is 6.92. The van der Waals surface area contributed by atoms with E-state index in [0.717, 1.165) is 34.9 Å². The molecule has 0 aliphatic carbocycles. The highest BCUT2D eigenvalue weighted by atomic mass is 32.2. The van der Waals surface area contributed by atoms with E-state index < -0.39 is 0 Å². The number of hydrogen-bond acceptors (Lipinski definition) is 4. The first-order valence-corrected chi connectivity index (χ1v) is 14.7. The van der Waals surface area contributed by atoms with Crippen molar-refractivity contribution >= 4 is 56.8 Å². The zero-order valence-electron chi connectivity index (χ0n) is 23.4. The largest absolute Gasteiger partial charge is 0.363 e. The summed E-state index contributed by atoms with van der Waals surface area (Å²) in [4.78, 5) is 27.0. The van der Waals surface area contributed by atoms with Gasteiger partial charge in [0, 0.05) is 41.4 Å². The average Bonchev–Trinajstić information content (AvgIpc) is 3.48. The van der Waals surface area contributed by atoms with Crippen molar-refractivity contribution < 1.29 is 4.79 Å². The van der Waals surface area contributed by atoms with Gasteiger partial charge in [-0.05, 0) is 99.0 Å². The third-order valence-corrected chi connectivity index (χ3v) is 8.77. The number of rotatable bonds is 6. The van der Waals surface area contributed by atoms with Crippen LogP contribution >= 0.6 is 11.8 Å². The van der Waals surface area contributed by atoms with Gasteiger partial charge < -0.3 is 9.88 Å². The molecular formula is C34H34N4OS. The number of thioether (sulfide) groups is 1. The Morgan fingerprint density at radius 1 is 1.02 bits per heavy atom. The van der Waals surface area contributed by atoms with Crippen LogP contribution in [0.5, 0.6) is 0 Å². The Morgan fingerprint density at radius 3 is 2.60 bits per heavy atom. The Bertz CT molecular complexity index is 1680. The molecule has 1 fully saturated rings. The molecule has 6 rings (SSSR count). The number of para-hydroxylation sites is 2. The van der Waals surface area contributed by atoms with Crippen molar-refractivity contribution in [1.29, 1.82) is 0 Å². The predicted molar refractivity (Wildman–Crippen MR) is 170 cm³/mol. The molecular weight excluding hydrogens is 512 g/mol. The zero-order chi connectivity index (χ0) is 27.9. The molecule has 1 N–H and O–H groups in total. The molecule has 40 heavy (non-hydrogen) atoms. The topological polar surface area (TPSA) is 51.7 Å². The maximum Gasteiger partial charge on any atom is 0.266 e. The lowest BCUT2D eigenvalue weighted by Crippen LogP contribution is -2.44. The monoisotopic (exact) mass is 546 g/mol. The van der Waals surface area contributed by atoms with E-state index >= 15 is 0 Å². The van der Waals surface area contributed by atoms with Gasteiger partial charge in [0.15, 0.2) is 5.17 Å². The van der Waals surface area contributed by atoms with Crippen molar-refractivity contribution in [1.82, 2.24) is 9.88 Å². The summed E-state index contributed by atoms with van der Waals surface area (Å²) in [7, 11) is 0. The van der Waals surface area contributed by atoms with E-state index in [1.54, 1.807) is 0 Å². The van der Waals surface area contributed by atoms with Crippen molar-refractivity contribution in [3.05, 3.63) is 107 Å². The lowest BCUT2D eigenvalue weighted by molar-refractivity contribution is -0.122. The molecule has 3 heterocycles. The van der Waals surface area contributed by atoms with Crippen LogP contribution in [0.2, 0.25) is 0 Å². The number of likely N-dealkylation sites (N-methyl/N-ethyl adjacent to an activating group) is 1. The van der Waals surface area contributed by atoms with E-state index in [2.05, 4.69) is 80.1 Å². The van der Waals surface area contributed by atoms with Crippen molar-refractivity contribution in [3.8, 4) is 0 Å².